The van der Waals surface area contributed by atoms with Gasteiger partial charge >= 0.3 is 0 Å². The minimum atomic E-state index is -3.41. The second-order valence-electron chi connectivity index (χ2n) is 6.39. The second-order valence-corrected chi connectivity index (χ2v) is 8.81. The maximum absolute atomic E-state index is 13.9. The van der Waals surface area contributed by atoms with Crippen molar-refractivity contribution in [2.75, 3.05) is 10.5 Å². The zero-order valence-corrected chi connectivity index (χ0v) is 16.9. The number of halogens is 2. The van der Waals surface area contributed by atoms with E-state index in [2.05, 4.69) is 9.82 Å². The molecule has 2 aromatic rings. The Kier molecular flexibility index (Phi) is 5.71. The van der Waals surface area contributed by atoms with Gasteiger partial charge in [0.15, 0.2) is 0 Å². The van der Waals surface area contributed by atoms with Gasteiger partial charge in [-0.15, -0.1) is 0 Å². The van der Waals surface area contributed by atoms with Crippen molar-refractivity contribution in [2.24, 2.45) is 5.10 Å². The largest absolute Gasteiger partial charge is 0.284 e. The van der Waals surface area contributed by atoms with Crippen molar-refractivity contribution in [1.29, 1.82) is 0 Å². The second kappa shape index (κ2) is 7.89. The Labute approximate surface area is 168 Å². The molecule has 1 unspecified atom stereocenters. The summed E-state index contributed by atoms with van der Waals surface area (Å²) in [5.74, 6) is -0.884. The molecule has 1 aliphatic rings. The highest BCUT2D eigenvalue weighted by atomic mass is 35.5. The average Bonchev–Trinajstić information content (AvgIpc) is 3.10. The number of nitrogens with zero attached hydrogens (tertiary/aromatic N) is 2. The molecule has 148 valence electrons. The summed E-state index contributed by atoms with van der Waals surface area (Å²) in [6.45, 7) is 2.94. The smallest absolute Gasteiger partial charge is 0.240 e. The number of hydrazone groups is 1. The minimum absolute atomic E-state index is 0.00757. The summed E-state index contributed by atoms with van der Waals surface area (Å²) in [7, 11) is -3.41. The number of sulfonamides is 1. The topological polar surface area (TPSA) is 78.8 Å². The van der Waals surface area contributed by atoms with Crippen molar-refractivity contribution in [3.05, 3.63) is 64.4 Å². The fourth-order valence-corrected chi connectivity index (χ4v) is 3.72. The summed E-state index contributed by atoms with van der Waals surface area (Å²) in [6.07, 6.45) is 0.366. The van der Waals surface area contributed by atoms with Crippen LogP contribution in [0.1, 0.15) is 37.4 Å². The normalized spacial score (nSPS) is 16.8. The van der Waals surface area contributed by atoms with Crippen LogP contribution in [0.4, 0.5) is 10.1 Å². The Morgan fingerprint density at radius 3 is 2.71 bits per heavy atom. The van der Waals surface area contributed by atoms with Crippen LogP contribution in [0.3, 0.4) is 0 Å². The van der Waals surface area contributed by atoms with Crippen LogP contribution in [0.2, 0.25) is 5.02 Å². The molecule has 2 aromatic carbocycles. The van der Waals surface area contributed by atoms with E-state index in [-0.39, 0.29) is 16.7 Å². The molecule has 0 spiro atoms. The highest BCUT2D eigenvalue weighted by molar-refractivity contribution is 7.92. The van der Waals surface area contributed by atoms with Crippen LogP contribution in [-0.4, -0.2) is 30.8 Å². The monoisotopic (exact) mass is 423 g/mol. The van der Waals surface area contributed by atoms with E-state index in [1.807, 2.05) is 0 Å². The molecular formula is C19H19ClFN3O3S. The quantitative estimate of drug-likeness (QED) is 0.791. The molecule has 0 aromatic heterocycles. The molecule has 28 heavy (non-hydrogen) atoms. The van der Waals surface area contributed by atoms with Gasteiger partial charge in [0.2, 0.25) is 15.9 Å². The van der Waals surface area contributed by atoms with Crippen molar-refractivity contribution in [3.63, 3.8) is 0 Å². The predicted octanol–water partition coefficient (Wildman–Crippen LogP) is 3.94. The van der Waals surface area contributed by atoms with Gasteiger partial charge in [-0.05, 0) is 42.3 Å². The zero-order valence-electron chi connectivity index (χ0n) is 15.3. The van der Waals surface area contributed by atoms with Crippen molar-refractivity contribution < 1.29 is 17.6 Å². The van der Waals surface area contributed by atoms with E-state index in [0.29, 0.717) is 28.9 Å². The van der Waals surface area contributed by atoms with Crippen molar-refractivity contribution in [3.8, 4) is 0 Å². The molecule has 1 amide bonds. The van der Waals surface area contributed by atoms with Gasteiger partial charge in [-0.25, -0.2) is 17.8 Å². The number of anilines is 1. The van der Waals surface area contributed by atoms with E-state index >= 15 is 0 Å². The molecule has 0 fully saturated rings. The first-order valence-corrected chi connectivity index (χ1v) is 10.7. The van der Waals surface area contributed by atoms with E-state index in [9.17, 15) is 17.6 Å². The molecular weight excluding hydrogens is 405 g/mol. The van der Waals surface area contributed by atoms with E-state index in [0.717, 1.165) is 0 Å². The molecule has 1 atom stereocenters. The highest BCUT2D eigenvalue weighted by Gasteiger charge is 2.32. The summed E-state index contributed by atoms with van der Waals surface area (Å²) in [4.78, 5) is 12.1. The molecule has 0 bridgehead atoms. The number of hydrogen-bond acceptors (Lipinski definition) is 4. The Hall–Kier alpha value is -2.45. The number of carbonyl (C=O) groups is 1. The Balaban J connectivity index is 1.92. The average molecular weight is 424 g/mol. The van der Waals surface area contributed by atoms with Crippen molar-refractivity contribution >= 4 is 38.9 Å². The summed E-state index contributed by atoms with van der Waals surface area (Å²) in [5, 5.41) is 5.71. The van der Waals surface area contributed by atoms with Crippen LogP contribution < -0.4 is 4.72 Å². The maximum atomic E-state index is 13.9. The summed E-state index contributed by atoms with van der Waals surface area (Å²) >= 11 is 5.75. The predicted molar refractivity (Wildman–Crippen MR) is 107 cm³/mol. The first-order chi connectivity index (χ1) is 13.2. The van der Waals surface area contributed by atoms with Gasteiger partial charge in [-0.1, -0.05) is 29.8 Å². The molecule has 0 radical (unpaired) electrons. The molecule has 1 N–H and O–H groups in total. The Morgan fingerprint density at radius 1 is 1.32 bits per heavy atom. The maximum Gasteiger partial charge on any atom is 0.240 e. The number of hydrogen-bond donors (Lipinski definition) is 1. The zero-order chi connectivity index (χ0) is 20.5. The standard InChI is InChI=1S/C19H19ClFN3O3S/c1-3-28(26,27)23-15-6-4-5-13(9-15)18-11-19(24(22-18)12(2)25)14-7-8-16(20)17(21)10-14/h4-10,19,23H,3,11H2,1-2H3. The van der Waals surface area contributed by atoms with E-state index in [1.165, 1.54) is 24.1 Å². The molecule has 9 heteroatoms. The highest BCUT2D eigenvalue weighted by Crippen LogP contribution is 2.34. The van der Waals surface area contributed by atoms with Crippen LogP contribution in [0.15, 0.2) is 47.6 Å². The molecule has 0 saturated carbocycles. The van der Waals surface area contributed by atoms with Gasteiger partial charge in [0.25, 0.3) is 0 Å². The van der Waals surface area contributed by atoms with Gasteiger partial charge in [0, 0.05) is 19.0 Å². The third-order valence-corrected chi connectivity index (χ3v) is 6.02. The van der Waals surface area contributed by atoms with Gasteiger partial charge in [-0.2, -0.15) is 5.10 Å². The lowest BCUT2D eigenvalue weighted by Gasteiger charge is -2.20. The van der Waals surface area contributed by atoms with Gasteiger partial charge in [0.05, 0.1) is 22.5 Å². The molecule has 0 saturated heterocycles. The fraction of sp³-hybridized carbons (Fsp3) is 0.263. The van der Waals surface area contributed by atoms with Crippen LogP contribution in [-0.2, 0) is 14.8 Å². The lowest BCUT2D eigenvalue weighted by molar-refractivity contribution is -0.130. The summed E-state index contributed by atoms with van der Waals surface area (Å²) < 4.78 is 40.0. The van der Waals surface area contributed by atoms with Crippen molar-refractivity contribution in [1.82, 2.24) is 5.01 Å². The first-order valence-electron chi connectivity index (χ1n) is 8.63. The molecule has 3 rings (SSSR count). The van der Waals surface area contributed by atoms with Crippen LogP contribution in [0.25, 0.3) is 0 Å². The van der Waals surface area contributed by atoms with Crippen LogP contribution >= 0.6 is 11.6 Å². The number of amides is 1. The number of rotatable bonds is 5. The molecule has 1 aliphatic heterocycles. The van der Waals surface area contributed by atoms with Crippen molar-refractivity contribution in [2.45, 2.75) is 26.3 Å². The summed E-state index contributed by atoms with van der Waals surface area (Å²) in [5.41, 5.74) is 2.28. The number of carbonyl (C=O) groups excluding carboxylic acids is 1. The fourth-order valence-electron chi connectivity index (χ4n) is 2.97. The third-order valence-electron chi connectivity index (χ3n) is 4.41. The Bertz CT molecular complexity index is 1060. The van der Waals surface area contributed by atoms with E-state index in [4.69, 9.17) is 11.6 Å². The van der Waals surface area contributed by atoms with E-state index in [1.54, 1.807) is 37.3 Å². The van der Waals surface area contributed by atoms with E-state index < -0.39 is 21.9 Å². The molecule has 6 nitrogen and oxygen atoms in total. The lowest BCUT2D eigenvalue weighted by Crippen LogP contribution is -2.24. The number of nitrogens with one attached hydrogen (secondary N) is 1. The first kappa shape index (κ1) is 20.3. The number of benzene rings is 2. The van der Waals surface area contributed by atoms with Crippen LogP contribution in [0.5, 0.6) is 0 Å². The Morgan fingerprint density at radius 2 is 2.07 bits per heavy atom. The van der Waals surface area contributed by atoms with Gasteiger partial charge in [-0.3, -0.25) is 9.52 Å². The third kappa shape index (κ3) is 4.34. The lowest BCUT2D eigenvalue weighted by atomic mass is 9.98. The van der Waals surface area contributed by atoms with Gasteiger partial charge in [0.1, 0.15) is 5.82 Å². The summed E-state index contributed by atoms with van der Waals surface area (Å²) in [6, 6.07) is 10.7. The molecule has 0 aliphatic carbocycles. The van der Waals surface area contributed by atoms with Crippen LogP contribution in [0, 0.1) is 5.82 Å². The van der Waals surface area contributed by atoms with Gasteiger partial charge < -0.3 is 0 Å². The molecule has 1 heterocycles. The minimum Gasteiger partial charge on any atom is -0.284 e. The SMILES string of the molecule is CCS(=O)(=O)Nc1cccc(C2=NN(C(C)=O)C(c3ccc(Cl)c(F)c3)C2)c1.